The first-order valence-corrected chi connectivity index (χ1v) is 5.90. The van der Waals surface area contributed by atoms with E-state index in [0.29, 0.717) is 0 Å². The van der Waals surface area contributed by atoms with Gasteiger partial charge in [-0.1, -0.05) is 6.07 Å². The first kappa shape index (κ1) is 15.7. The maximum Gasteiger partial charge on any atom is 0.409 e. The van der Waals surface area contributed by atoms with Gasteiger partial charge in [0.05, 0.1) is 0 Å². The lowest BCUT2D eigenvalue weighted by atomic mass is 10.2. The molecule has 20 heavy (non-hydrogen) atoms. The number of ether oxygens (including phenoxy) is 2. The van der Waals surface area contributed by atoms with Gasteiger partial charge in [0.1, 0.15) is 17.2 Å². The van der Waals surface area contributed by atoms with E-state index in [9.17, 15) is 14.0 Å². The molecule has 6 nitrogen and oxygen atoms in total. The Morgan fingerprint density at radius 2 is 2.00 bits per heavy atom. The van der Waals surface area contributed by atoms with E-state index in [1.54, 1.807) is 20.8 Å². The zero-order valence-electron chi connectivity index (χ0n) is 11.5. The summed E-state index contributed by atoms with van der Waals surface area (Å²) in [4.78, 5) is 21.9. The van der Waals surface area contributed by atoms with Crippen molar-refractivity contribution in [2.75, 3.05) is 0 Å². The predicted molar refractivity (Wildman–Crippen MR) is 69.7 cm³/mol. The van der Waals surface area contributed by atoms with Crippen LogP contribution in [0.5, 0.6) is 5.75 Å². The molecule has 3 N–H and O–H groups in total. The zero-order chi connectivity index (χ0) is 15.3. The second-order valence-electron chi connectivity index (χ2n) is 5.03. The first-order valence-electron chi connectivity index (χ1n) is 5.90. The Kier molecular flexibility index (Phi) is 4.90. The molecule has 0 saturated carbocycles. The van der Waals surface area contributed by atoms with Gasteiger partial charge in [0.2, 0.25) is 0 Å². The van der Waals surface area contributed by atoms with Crippen molar-refractivity contribution in [3.63, 3.8) is 0 Å². The second kappa shape index (κ2) is 6.23. The summed E-state index contributed by atoms with van der Waals surface area (Å²) in [7, 11) is 0. The van der Waals surface area contributed by atoms with Crippen LogP contribution in [0.25, 0.3) is 0 Å². The van der Waals surface area contributed by atoms with Gasteiger partial charge >= 0.3 is 12.2 Å². The molecule has 0 aliphatic rings. The van der Waals surface area contributed by atoms with Gasteiger partial charge in [-0.25, -0.2) is 14.0 Å². The van der Waals surface area contributed by atoms with Gasteiger partial charge in [-0.3, -0.25) is 0 Å². The Morgan fingerprint density at radius 1 is 1.35 bits per heavy atom. The van der Waals surface area contributed by atoms with E-state index in [4.69, 9.17) is 10.5 Å². The third kappa shape index (κ3) is 5.55. The van der Waals surface area contributed by atoms with Crippen LogP contribution < -0.4 is 15.8 Å². The Labute approximate surface area is 116 Å². The molecule has 1 aromatic carbocycles. The summed E-state index contributed by atoms with van der Waals surface area (Å²) >= 11 is 0. The molecule has 0 unspecified atom stereocenters. The Morgan fingerprint density at radius 3 is 2.50 bits per heavy atom. The number of amides is 2. The van der Waals surface area contributed by atoms with Gasteiger partial charge in [0, 0.05) is 18.2 Å². The van der Waals surface area contributed by atoms with Gasteiger partial charge < -0.3 is 20.5 Å². The number of alkyl carbamates (subject to hydrolysis) is 1. The van der Waals surface area contributed by atoms with Gasteiger partial charge in [-0.15, -0.1) is 0 Å². The number of carbonyl (C=O) groups excluding carboxylic acids is 2. The molecule has 0 atom stereocenters. The Bertz CT molecular complexity index is 512. The Balaban J connectivity index is 2.61. The number of rotatable bonds is 3. The third-order valence-corrected chi connectivity index (χ3v) is 2.07. The molecule has 0 heterocycles. The molecule has 1 rings (SSSR count). The molecule has 0 aliphatic carbocycles. The number of benzene rings is 1. The summed E-state index contributed by atoms with van der Waals surface area (Å²) in [6, 6.07) is 3.77. The minimum absolute atomic E-state index is 0.00369. The number of nitrogens with one attached hydrogen (secondary N) is 1. The molecule has 2 amide bonds. The second-order valence-corrected chi connectivity index (χ2v) is 5.03. The normalized spacial score (nSPS) is 10.8. The monoisotopic (exact) mass is 284 g/mol. The molecule has 0 bridgehead atoms. The van der Waals surface area contributed by atoms with Gasteiger partial charge in [-0.2, -0.15) is 0 Å². The van der Waals surface area contributed by atoms with E-state index < -0.39 is 23.6 Å². The molecule has 110 valence electrons. The third-order valence-electron chi connectivity index (χ3n) is 2.07. The maximum absolute atomic E-state index is 13.7. The van der Waals surface area contributed by atoms with Crippen LogP contribution in [0.2, 0.25) is 0 Å². The number of nitrogens with two attached hydrogens (primary N) is 1. The smallest absolute Gasteiger partial charge is 0.409 e. The standard InChI is InChI=1S/C13H17FN2O4/c1-13(2,3)20-12(18)16-7-8-4-5-9(6-10(8)14)19-11(15)17/h4-6H,7H2,1-3H3,(H2,15,17)(H,16,18). The summed E-state index contributed by atoms with van der Waals surface area (Å²) < 4.78 is 23.2. The average Bonchev–Trinajstić information content (AvgIpc) is 2.24. The van der Waals surface area contributed by atoms with Crippen molar-refractivity contribution in [1.29, 1.82) is 0 Å². The lowest BCUT2D eigenvalue weighted by Gasteiger charge is -2.19. The molecule has 0 saturated heterocycles. The highest BCUT2D eigenvalue weighted by molar-refractivity contribution is 5.68. The summed E-state index contributed by atoms with van der Waals surface area (Å²) in [5, 5.41) is 2.42. The van der Waals surface area contributed by atoms with Crippen molar-refractivity contribution in [2.45, 2.75) is 32.9 Å². The fraction of sp³-hybridized carbons (Fsp3) is 0.385. The number of halogens is 1. The fourth-order valence-electron chi connectivity index (χ4n) is 1.33. The predicted octanol–water partition coefficient (Wildman–Crippen LogP) is 2.31. The van der Waals surface area contributed by atoms with Crippen molar-refractivity contribution >= 4 is 12.2 Å². The summed E-state index contributed by atoms with van der Waals surface area (Å²) in [6.07, 6.45) is -1.67. The highest BCUT2D eigenvalue weighted by Crippen LogP contribution is 2.17. The number of primary amides is 1. The topological polar surface area (TPSA) is 90.7 Å². The lowest BCUT2D eigenvalue weighted by Crippen LogP contribution is -2.32. The van der Waals surface area contributed by atoms with E-state index in [-0.39, 0.29) is 17.9 Å². The SMILES string of the molecule is CC(C)(C)OC(=O)NCc1ccc(OC(N)=O)cc1F. The van der Waals surface area contributed by atoms with Crippen molar-refractivity contribution in [2.24, 2.45) is 5.73 Å². The maximum atomic E-state index is 13.7. The molecule has 0 fully saturated rings. The van der Waals surface area contributed by atoms with E-state index in [2.05, 4.69) is 10.1 Å². The van der Waals surface area contributed by atoms with Crippen molar-refractivity contribution in [3.05, 3.63) is 29.6 Å². The van der Waals surface area contributed by atoms with Crippen molar-refractivity contribution in [3.8, 4) is 5.75 Å². The fourth-order valence-corrected chi connectivity index (χ4v) is 1.33. The first-order chi connectivity index (χ1) is 9.17. The largest absolute Gasteiger partial charge is 0.444 e. The number of carbonyl (C=O) groups is 2. The zero-order valence-corrected chi connectivity index (χ0v) is 11.5. The summed E-state index contributed by atoms with van der Waals surface area (Å²) in [5.41, 5.74) is 4.42. The number of hydrogen-bond donors (Lipinski definition) is 2. The van der Waals surface area contributed by atoms with Crippen LogP contribution in [-0.2, 0) is 11.3 Å². The molecule has 0 aliphatic heterocycles. The van der Waals surface area contributed by atoms with Crippen LogP contribution in [0, 0.1) is 5.82 Å². The highest BCUT2D eigenvalue weighted by Gasteiger charge is 2.16. The molecular weight excluding hydrogens is 267 g/mol. The van der Waals surface area contributed by atoms with Crippen LogP contribution in [0.3, 0.4) is 0 Å². The summed E-state index contributed by atoms with van der Waals surface area (Å²) in [6.45, 7) is 5.13. The van der Waals surface area contributed by atoms with Gasteiger partial charge in [0.15, 0.2) is 0 Å². The molecule has 0 radical (unpaired) electrons. The van der Waals surface area contributed by atoms with E-state index in [1.165, 1.54) is 12.1 Å². The van der Waals surface area contributed by atoms with Crippen LogP contribution in [0.4, 0.5) is 14.0 Å². The van der Waals surface area contributed by atoms with E-state index >= 15 is 0 Å². The van der Waals surface area contributed by atoms with E-state index in [1.807, 2.05) is 0 Å². The number of hydrogen-bond acceptors (Lipinski definition) is 4. The molecule has 1 aromatic rings. The van der Waals surface area contributed by atoms with Crippen molar-refractivity contribution in [1.82, 2.24) is 5.32 Å². The van der Waals surface area contributed by atoms with Gasteiger partial charge in [0.25, 0.3) is 0 Å². The van der Waals surface area contributed by atoms with E-state index in [0.717, 1.165) is 6.07 Å². The van der Waals surface area contributed by atoms with Crippen LogP contribution in [0.1, 0.15) is 26.3 Å². The van der Waals surface area contributed by atoms with Gasteiger partial charge in [-0.05, 0) is 26.8 Å². The highest BCUT2D eigenvalue weighted by atomic mass is 19.1. The molecule has 0 spiro atoms. The molecule has 0 aromatic heterocycles. The lowest BCUT2D eigenvalue weighted by molar-refractivity contribution is 0.0523. The molecule has 7 heteroatoms. The minimum atomic E-state index is -1.02. The Hall–Kier alpha value is -2.31. The summed E-state index contributed by atoms with van der Waals surface area (Å²) in [5.74, 6) is -0.629. The molecular formula is C13H17FN2O4. The quantitative estimate of drug-likeness (QED) is 0.891. The average molecular weight is 284 g/mol. The van der Waals surface area contributed by atoms with Crippen molar-refractivity contribution < 1.29 is 23.5 Å². The minimum Gasteiger partial charge on any atom is -0.444 e. The van der Waals surface area contributed by atoms with Crippen LogP contribution >= 0.6 is 0 Å². The van der Waals surface area contributed by atoms with Crippen LogP contribution in [0.15, 0.2) is 18.2 Å². The van der Waals surface area contributed by atoms with Crippen LogP contribution in [-0.4, -0.2) is 17.8 Å².